The molecule has 0 amide bonds. The van der Waals surface area contributed by atoms with Crippen LogP contribution in [-0.2, 0) is 0 Å². The molecule has 5 rings (SSSR count). The van der Waals surface area contributed by atoms with Crippen LogP contribution in [0.4, 0.5) is 5.69 Å². The predicted octanol–water partition coefficient (Wildman–Crippen LogP) is 6.80. The third-order valence-electron chi connectivity index (χ3n) is 6.62. The predicted molar refractivity (Wildman–Crippen MR) is 113 cm³/mol. The van der Waals surface area contributed by atoms with Gasteiger partial charge >= 0.3 is 0 Å². The normalized spacial score (nSPS) is 27.3. The Balaban J connectivity index is 1.68. The van der Waals surface area contributed by atoms with E-state index in [1.807, 2.05) is 0 Å². The highest BCUT2D eigenvalue weighted by atomic mass is 15.2. The highest BCUT2D eigenvalue weighted by molar-refractivity contribution is 5.54. The van der Waals surface area contributed by atoms with Crippen molar-refractivity contribution in [3.63, 3.8) is 0 Å². The Morgan fingerprint density at radius 1 is 0.519 bits per heavy atom. The average Bonchev–Trinajstić information content (AvgIpc) is 3.11. The number of hydrogen-bond acceptors (Lipinski definition) is 1. The molecule has 1 aliphatic carbocycles. The molecule has 1 saturated carbocycles. The van der Waals surface area contributed by atoms with Gasteiger partial charge in [-0.15, -0.1) is 0 Å². The zero-order valence-corrected chi connectivity index (χ0v) is 15.7. The number of rotatable bonds is 3. The van der Waals surface area contributed by atoms with Gasteiger partial charge in [-0.1, -0.05) is 91.7 Å². The molecule has 4 atom stereocenters. The molecule has 3 aromatic carbocycles. The molecule has 1 nitrogen and oxygen atoms in total. The molecule has 0 N–H and O–H groups in total. The first-order chi connectivity index (χ1) is 13.4. The molecule has 2 aliphatic rings. The Hall–Kier alpha value is -2.54. The first-order valence-electron chi connectivity index (χ1n) is 10.4. The topological polar surface area (TPSA) is 3.24 Å². The monoisotopic (exact) mass is 353 g/mol. The van der Waals surface area contributed by atoms with Crippen LogP contribution in [0.5, 0.6) is 0 Å². The van der Waals surface area contributed by atoms with E-state index >= 15 is 0 Å². The fourth-order valence-corrected chi connectivity index (χ4v) is 5.60. The molecule has 4 unspecified atom stereocenters. The summed E-state index contributed by atoms with van der Waals surface area (Å²) < 4.78 is 0. The number of benzene rings is 3. The number of nitrogens with zero attached hydrogens (tertiary/aromatic N) is 1. The van der Waals surface area contributed by atoms with Gasteiger partial charge in [-0.3, -0.25) is 0 Å². The zero-order chi connectivity index (χ0) is 18.1. The maximum absolute atomic E-state index is 2.74. The average molecular weight is 354 g/mol. The lowest BCUT2D eigenvalue weighted by Crippen LogP contribution is -2.28. The van der Waals surface area contributed by atoms with Gasteiger partial charge in [0.2, 0.25) is 0 Å². The number of fused-ring (bicyclic) bond motifs is 1. The van der Waals surface area contributed by atoms with Crippen molar-refractivity contribution in [3.8, 4) is 0 Å². The number of para-hydroxylation sites is 1. The summed E-state index contributed by atoms with van der Waals surface area (Å²) in [5.41, 5.74) is 4.29. The van der Waals surface area contributed by atoms with Crippen LogP contribution in [0.1, 0.15) is 48.9 Å². The molecule has 0 aromatic heterocycles. The molecule has 0 radical (unpaired) electrons. The second-order valence-electron chi connectivity index (χ2n) is 8.07. The van der Waals surface area contributed by atoms with Crippen LogP contribution in [0, 0.1) is 11.8 Å². The van der Waals surface area contributed by atoms with Crippen molar-refractivity contribution < 1.29 is 0 Å². The van der Waals surface area contributed by atoms with E-state index in [4.69, 9.17) is 0 Å². The van der Waals surface area contributed by atoms with Crippen molar-refractivity contribution >= 4 is 5.69 Å². The largest absolute Gasteiger partial charge is 0.357 e. The van der Waals surface area contributed by atoms with Crippen molar-refractivity contribution in [2.45, 2.75) is 37.8 Å². The number of hydrogen-bond donors (Lipinski definition) is 0. The van der Waals surface area contributed by atoms with Crippen molar-refractivity contribution in [3.05, 3.63) is 102 Å². The van der Waals surface area contributed by atoms with Gasteiger partial charge in [-0.05, 0) is 47.9 Å². The summed E-state index contributed by atoms with van der Waals surface area (Å²) in [6.07, 6.45) is 5.43. The summed E-state index contributed by atoms with van der Waals surface area (Å²) >= 11 is 0. The summed E-state index contributed by atoms with van der Waals surface area (Å²) in [7, 11) is 0. The minimum absolute atomic E-state index is 0.462. The van der Waals surface area contributed by atoms with Gasteiger partial charge in [0.05, 0.1) is 12.1 Å². The third-order valence-corrected chi connectivity index (χ3v) is 6.62. The van der Waals surface area contributed by atoms with Crippen LogP contribution in [0.15, 0.2) is 91.0 Å². The third kappa shape index (κ3) is 2.96. The Morgan fingerprint density at radius 3 is 1.37 bits per heavy atom. The van der Waals surface area contributed by atoms with Crippen molar-refractivity contribution in [1.29, 1.82) is 0 Å². The van der Waals surface area contributed by atoms with Gasteiger partial charge in [0.25, 0.3) is 0 Å². The fraction of sp³-hybridized carbons (Fsp3) is 0.308. The molecule has 0 bridgehead atoms. The minimum Gasteiger partial charge on any atom is -0.357 e. The van der Waals surface area contributed by atoms with Crippen LogP contribution >= 0.6 is 0 Å². The van der Waals surface area contributed by atoms with E-state index in [9.17, 15) is 0 Å². The first-order valence-corrected chi connectivity index (χ1v) is 10.4. The number of anilines is 1. The minimum atomic E-state index is 0.462. The smallest absolute Gasteiger partial charge is 0.0580 e. The van der Waals surface area contributed by atoms with Crippen LogP contribution < -0.4 is 4.90 Å². The molecule has 1 heterocycles. The molecular formula is C26H27N. The fourth-order valence-electron chi connectivity index (χ4n) is 5.60. The van der Waals surface area contributed by atoms with Crippen LogP contribution in [0.2, 0.25) is 0 Å². The van der Waals surface area contributed by atoms with E-state index in [0.717, 1.165) is 11.8 Å². The van der Waals surface area contributed by atoms with Crippen LogP contribution in [0.3, 0.4) is 0 Å². The van der Waals surface area contributed by atoms with Gasteiger partial charge in [0, 0.05) is 5.69 Å². The maximum Gasteiger partial charge on any atom is 0.0580 e. The lowest BCUT2D eigenvalue weighted by atomic mass is 9.73. The lowest BCUT2D eigenvalue weighted by Gasteiger charge is -2.34. The molecule has 3 aromatic rings. The van der Waals surface area contributed by atoms with E-state index in [2.05, 4.69) is 95.9 Å². The maximum atomic E-state index is 2.74. The second kappa shape index (κ2) is 7.23. The molecule has 0 spiro atoms. The van der Waals surface area contributed by atoms with E-state index in [-0.39, 0.29) is 0 Å². The first kappa shape index (κ1) is 16.6. The standard InChI is InChI=1S/C26H27N/c1-4-12-20(13-5-1)25-23-18-10-11-19-24(23)26(21-14-6-2-7-15-21)27(25)22-16-8-3-9-17-22/h1-9,12-17,23-26H,10-11,18-19H2. The van der Waals surface area contributed by atoms with E-state index in [1.54, 1.807) is 0 Å². The van der Waals surface area contributed by atoms with Gasteiger partial charge in [0.15, 0.2) is 0 Å². The molecule has 1 aliphatic heterocycles. The molecule has 136 valence electrons. The molecule has 1 saturated heterocycles. The quantitative estimate of drug-likeness (QED) is 0.501. The summed E-state index contributed by atoms with van der Waals surface area (Å²) in [4.78, 5) is 2.74. The molecule has 1 heteroatoms. The van der Waals surface area contributed by atoms with Crippen LogP contribution in [-0.4, -0.2) is 0 Å². The highest BCUT2D eigenvalue weighted by Crippen LogP contribution is 2.58. The Bertz CT molecular complexity index is 803. The van der Waals surface area contributed by atoms with Gasteiger partial charge in [-0.25, -0.2) is 0 Å². The van der Waals surface area contributed by atoms with E-state index < -0.39 is 0 Å². The molecule has 2 fully saturated rings. The zero-order valence-electron chi connectivity index (χ0n) is 15.7. The second-order valence-corrected chi connectivity index (χ2v) is 8.07. The lowest BCUT2D eigenvalue weighted by molar-refractivity contribution is 0.246. The summed E-state index contributed by atoms with van der Waals surface area (Å²) in [6.45, 7) is 0. The van der Waals surface area contributed by atoms with E-state index in [0.29, 0.717) is 12.1 Å². The molecule has 27 heavy (non-hydrogen) atoms. The Morgan fingerprint density at radius 2 is 0.926 bits per heavy atom. The van der Waals surface area contributed by atoms with Gasteiger partial charge in [-0.2, -0.15) is 0 Å². The van der Waals surface area contributed by atoms with Crippen molar-refractivity contribution in [1.82, 2.24) is 0 Å². The summed E-state index contributed by atoms with van der Waals surface area (Å²) in [5, 5.41) is 0. The summed E-state index contributed by atoms with van der Waals surface area (Å²) in [5.74, 6) is 1.46. The summed E-state index contributed by atoms with van der Waals surface area (Å²) in [6, 6.07) is 34.4. The van der Waals surface area contributed by atoms with Gasteiger partial charge in [0.1, 0.15) is 0 Å². The van der Waals surface area contributed by atoms with Crippen LogP contribution in [0.25, 0.3) is 0 Å². The highest BCUT2D eigenvalue weighted by Gasteiger charge is 2.50. The molecular weight excluding hydrogens is 326 g/mol. The van der Waals surface area contributed by atoms with E-state index in [1.165, 1.54) is 42.5 Å². The Labute approximate surface area is 162 Å². The SMILES string of the molecule is c1ccc(C2C3CCCCC3C(c3ccccc3)N2c2ccccc2)cc1. The van der Waals surface area contributed by atoms with Crippen molar-refractivity contribution in [2.24, 2.45) is 11.8 Å². The van der Waals surface area contributed by atoms with Gasteiger partial charge < -0.3 is 4.90 Å². The van der Waals surface area contributed by atoms with Crippen molar-refractivity contribution in [2.75, 3.05) is 4.90 Å². The Kier molecular flexibility index (Phi) is 4.45.